The molecule has 0 aromatic heterocycles. The van der Waals surface area contributed by atoms with E-state index in [9.17, 15) is 10.1 Å². The molecule has 0 spiro atoms. The average Bonchev–Trinajstić information content (AvgIpc) is 2.54. The zero-order valence-electron chi connectivity index (χ0n) is 13.5. The summed E-state index contributed by atoms with van der Waals surface area (Å²) in [6.07, 6.45) is 9.10. The van der Waals surface area contributed by atoms with Gasteiger partial charge in [0.05, 0.1) is 18.1 Å². The highest BCUT2D eigenvalue weighted by atomic mass is 16.6. The monoisotopic (exact) mass is 319 g/mol. The molecule has 1 rings (SSSR count). The summed E-state index contributed by atoms with van der Waals surface area (Å²) in [7, 11) is 0. The topological polar surface area (TPSA) is 61.6 Å². The quantitative estimate of drug-likeness (QED) is 0.220. The maximum absolute atomic E-state index is 11.3. The number of nitro benzene ring substituents is 1. The first-order valence-electron chi connectivity index (χ1n) is 7.95. The minimum Gasteiger partial charge on any atom is -0.487 e. The van der Waals surface area contributed by atoms with Crippen LogP contribution in [-0.4, -0.2) is 18.1 Å². The lowest BCUT2D eigenvalue weighted by molar-refractivity contribution is -0.386. The van der Waals surface area contributed by atoms with Gasteiger partial charge in [-0.25, -0.2) is 0 Å². The van der Waals surface area contributed by atoms with Gasteiger partial charge < -0.3 is 9.47 Å². The van der Waals surface area contributed by atoms with Crippen molar-refractivity contribution in [2.45, 2.75) is 38.5 Å². The molecule has 0 bridgehead atoms. The molecule has 0 aliphatic heterocycles. The summed E-state index contributed by atoms with van der Waals surface area (Å²) in [5.41, 5.74) is -0.0973. The van der Waals surface area contributed by atoms with E-state index in [1.54, 1.807) is 18.2 Å². The van der Waals surface area contributed by atoms with Gasteiger partial charge in [0.2, 0.25) is 11.5 Å². The molecule has 0 heterocycles. The Hall–Kier alpha value is -2.30. The number of hydrogen-bond donors (Lipinski definition) is 0. The summed E-state index contributed by atoms with van der Waals surface area (Å²) in [6.45, 7) is 8.20. The van der Waals surface area contributed by atoms with Crippen molar-refractivity contribution in [2.24, 2.45) is 0 Å². The maximum atomic E-state index is 11.3. The molecule has 0 amide bonds. The van der Waals surface area contributed by atoms with E-state index < -0.39 is 4.92 Å². The van der Waals surface area contributed by atoms with Gasteiger partial charge in [-0.2, -0.15) is 0 Å². The second-order valence-electron chi connectivity index (χ2n) is 5.13. The number of hydrogen-bond acceptors (Lipinski definition) is 4. The van der Waals surface area contributed by atoms with Crippen LogP contribution in [0.2, 0.25) is 0 Å². The van der Waals surface area contributed by atoms with Gasteiger partial charge in [-0.15, -0.1) is 13.2 Å². The number of para-hydroxylation sites is 1. The van der Waals surface area contributed by atoms with Crippen LogP contribution in [0.5, 0.6) is 11.5 Å². The Labute approximate surface area is 137 Å². The molecule has 0 fully saturated rings. The van der Waals surface area contributed by atoms with Gasteiger partial charge in [0.15, 0.2) is 0 Å². The van der Waals surface area contributed by atoms with Crippen LogP contribution in [0.25, 0.3) is 0 Å². The zero-order chi connectivity index (χ0) is 16.9. The number of unbranched alkanes of at least 4 members (excludes halogenated alkanes) is 4. The van der Waals surface area contributed by atoms with Crippen molar-refractivity contribution in [1.82, 2.24) is 0 Å². The van der Waals surface area contributed by atoms with E-state index in [-0.39, 0.29) is 17.2 Å². The van der Waals surface area contributed by atoms with Gasteiger partial charge in [-0.05, 0) is 50.7 Å². The summed E-state index contributed by atoms with van der Waals surface area (Å²) < 4.78 is 11.1. The van der Waals surface area contributed by atoms with Crippen LogP contribution in [0.4, 0.5) is 5.69 Å². The van der Waals surface area contributed by atoms with Crippen LogP contribution < -0.4 is 9.47 Å². The third kappa shape index (κ3) is 7.00. The molecular weight excluding hydrogens is 294 g/mol. The van der Waals surface area contributed by atoms with E-state index >= 15 is 0 Å². The van der Waals surface area contributed by atoms with Gasteiger partial charge in [-0.1, -0.05) is 18.2 Å². The largest absolute Gasteiger partial charge is 0.487 e. The fraction of sp³-hybridized carbons (Fsp3) is 0.444. The molecule has 23 heavy (non-hydrogen) atoms. The van der Waals surface area contributed by atoms with Crippen LogP contribution in [-0.2, 0) is 0 Å². The molecule has 1 aromatic rings. The van der Waals surface area contributed by atoms with E-state index in [1.807, 2.05) is 12.2 Å². The molecule has 0 radical (unpaired) electrons. The van der Waals surface area contributed by atoms with Gasteiger partial charge in [0.25, 0.3) is 0 Å². The van der Waals surface area contributed by atoms with Gasteiger partial charge in [0, 0.05) is 0 Å². The lowest BCUT2D eigenvalue weighted by atomic mass is 10.2. The van der Waals surface area contributed by atoms with Crippen molar-refractivity contribution < 1.29 is 14.4 Å². The molecule has 0 saturated carbocycles. The summed E-state index contributed by atoms with van der Waals surface area (Å²) in [4.78, 5) is 10.9. The molecule has 0 saturated heterocycles. The Morgan fingerprint density at radius 3 is 1.83 bits per heavy atom. The van der Waals surface area contributed by atoms with Crippen LogP contribution in [0, 0.1) is 10.1 Å². The SMILES string of the molecule is C=CCCCCOc1cccc(OCCCCC=C)c1[N+](=O)[O-]. The summed E-state index contributed by atoms with van der Waals surface area (Å²) in [5.74, 6) is 0.523. The standard InChI is InChI=1S/C18H25NO4/c1-3-5-7-9-14-22-16-12-11-13-17(18(16)19(20)21)23-15-10-8-6-4-2/h3-4,11-13H,1-2,5-10,14-15H2. The first-order valence-corrected chi connectivity index (χ1v) is 7.95. The van der Waals surface area contributed by atoms with Crippen molar-refractivity contribution in [2.75, 3.05) is 13.2 Å². The Bertz CT molecular complexity index is 477. The third-order valence-electron chi connectivity index (χ3n) is 3.26. The van der Waals surface area contributed by atoms with Crippen LogP contribution in [0.15, 0.2) is 43.5 Å². The highest BCUT2D eigenvalue weighted by molar-refractivity contribution is 5.57. The summed E-state index contributed by atoms with van der Waals surface area (Å²) >= 11 is 0. The molecule has 5 nitrogen and oxygen atoms in total. The van der Waals surface area contributed by atoms with Crippen LogP contribution in [0.1, 0.15) is 38.5 Å². The molecular formula is C18H25NO4. The molecule has 0 unspecified atom stereocenters. The fourth-order valence-electron chi connectivity index (χ4n) is 2.06. The third-order valence-corrected chi connectivity index (χ3v) is 3.26. The zero-order valence-corrected chi connectivity index (χ0v) is 13.5. The van der Waals surface area contributed by atoms with Gasteiger partial charge in [0.1, 0.15) is 0 Å². The average molecular weight is 319 g/mol. The minimum atomic E-state index is -0.446. The predicted octanol–water partition coefficient (Wildman–Crippen LogP) is 5.07. The summed E-state index contributed by atoms with van der Waals surface area (Å²) in [6, 6.07) is 4.93. The second-order valence-corrected chi connectivity index (χ2v) is 5.13. The molecule has 0 atom stereocenters. The van der Waals surface area contributed by atoms with Crippen molar-refractivity contribution in [3.63, 3.8) is 0 Å². The smallest absolute Gasteiger partial charge is 0.352 e. The number of nitrogens with zero attached hydrogens (tertiary/aromatic N) is 1. The van der Waals surface area contributed by atoms with Crippen LogP contribution in [0.3, 0.4) is 0 Å². The van der Waals surface area contributed by atoms with E-state index in [0.717, 1.165) is 38.5 Å². The Balaban J connectivity index is 2.63. The molecule has 5 heteroatoms. The number of ether oxygens (including phenoxy) is 2. The second kappa shape index (κ2) is 11.3. The summed E-state index contributed by atoms with van der Waals surface area (Å²) in [5, 5.41) is 11.3. The van der Waals surface area contributed by atoms with E-state index in [1.165, 1.54) is 0 Å². The van der Waals surface area contributed by atoms with Crippen molar-refractivity contribution in [1.29, 1.82) is 0 Å². The molecule has 126 valence electrons. The van der Waals surface area contributed by atoms with Crippen molar-refractivity contribution >= 4 is 5.69 Å². The lowest BCUT2D eigenvalue weighted by Crippen LogP contribution is -2.04. The normalized spacial score (nSPS) is 10.1. The Morgan fingerprint density at radius 2 is 1.43 bits per heavy atom. The van der Waals surface area contributed by atoms with Gasteiger partial charge in [-0.3, -0.25) is 10.1 Å². The predicted molar refractivity (Wildman–Crippen MR) is 92.2 cm³/mol. The van der Waals surface area contributed by atoms with E-state index in [4.69, 9.17) is 9.47 Å². The lowest BCUT2D eigenvalue weighted by Gasteiger charge is -2.10. The molecule has 0 aliphatic rings. The van der Waals surface area contributed by atoms with Crippen LogP contribution >= 0.6 is 0 Å². The number of allylic oxidation sites excluding steroid dienone is 2. The number of benzene rings is 1. The van der Waals surface area contributed by atoms with E-state index in [0.29, 0.717) is 13.2 Å². The first kappa shape index (κ1) is 18.7. The van der Waals surface area contributed by atoms with E-state index in [2.05, 4.69) is 13.2 Å². The molecule has 1 aromatic carbocycles. The fourth-order valence-corrected chi connectivity index (χ4v) is 2.06. The number of rotatable bonds is 13. The minimum absolute atomic E-state index is 0.0973. The molecule has 0 aliphatic carbocycles. The first-order chi connectivity index (χ1) is 11.2. The Morgan fingerprint density at radius 1 is 0.957 bits per heavy atom. The van der Waals surface area contributed by atoms with Crippen molar-refractivity contribution in [3.05, 3.63) is 53.6 Å². The highest BCUT2D eigenvalue weighted by Crippen LogP contribution is 2.36. The van der Waals surface area contributed by atoms with Gasteiger partial charge >= 0.3 is 5.69 Å². The maximum Gasteiger partial charge on any atom is 0.352 e. The highest BCUT2D eigenvalue weighted by Gasteiger charge is 2.22. The Kier molecular flexibility index (Phi) is 9.20. The molecule has 0 N–H and O–H groups in total. The van der Waals surface area contributed by atoms with Crippen molar-refractivity contribution in [3.8, 4) is 11.5 Å². The number of nitro groups is 1.